The van der Waals surface area contributed by atoms with Crippen molar-refractivity contribution in [3.63, 3.8) is 0 Å². The van der Waals surface area contributed by atoms with Gasteiger partial charge in [0.25, 0.3) is 5.91 Å². The highest BCUT2D eigenvalue weighted by Crippen LogP contribution is 2.32. The van der Waals surface area contributed by atoms with Crippen LogP contribution in [0.15, 0.2) is 30.3 Å². The second kappa shape index (κ2) is 11.2. The number of fused-ring (bicyclic) bond motifs is 1. The van der Waals surface area contributed by atoms with Gasteiger partial charge in [0.2, 0.25) is 0 Å². The van der Waals surface area contributed by atoms with Gasteiger partial charge < -0.3 is 25.0 Å². The van der Waals surface area contributed by atoms with Gasteiger partial charge in [-0.1, -0.05) is 27.7 Å². The molecule has 1 unspecified atom stereocenters. The number of nitrogens with zero attached hydrogens (tertiary/aromatic N) is 2. The van der Waals surface area contributed by atoms with E-state index in [0.717, 1.165) is 11.1 Å². The van der Waals surface area contributed by atoms with E-state index in [9.17, 15) is 19.5 Å². The summed E-state index contributed by atoms with van der Waals surface area (Å²) in [6.07, 6.45) is 0.417. The van der Waals surface area contributed by atoms with Crippen LogP contribution in [0.5, 0.6) is 5.75 Å². The lowest BCUT2D eigenvalue weighted by Gasteiger charge is -2.29. The highest BCUT2D eigenvalue weighted by molar-refractivity contribution is 6.07. The number of likely N-dealkylation sites (N-methyl/N-ethyl adjacent to an activating group) is 1. The summed E-state index contributed by atoms with van der Waals surface area (Å²) in [5, 5.41) is 21.0. The molecule has 0 spiro atoms. The maximum atomic E-state index is 13.6. The highest BCUT2D eigenvalue weighted by atomic mass is 16.5. The Bertz CT molecular complexity index is 1260. The third kappa shape index (κ3) is 5.82. The van der Waals surface area contributed by atoms with E-state index >= 15 is 0 Å². The van der Waals surface area contributed by atoms with Crippen LogP contribution >= 0.6 is 0 Å². The lowest BCUT2D eigenvalue weighted by molar-refractivity contribution is -0.138. The van der Waals surface area contributed by atoms with Gasteiger partial charge in [0.15, 0.2) is 5.78 Å². The number of amides is 1. The molecule has 1 heterocycles. The number of benzene rings is 2. The number of anilines is 1. The second-order valence-corrected chi connectivity index (χ2v) is 10.5. The number of carboxylic acids is 1. The Labute approximate surface area is 224 Å². The van der Waals surface area contributed by atoms with Crippen LogP contribution in [0.2, 0.25) is 0 Å². The van der Waals surface area contributed by atoms with E-state index < -0.39 is 12.0 Å². The molecule has 38 heavy (non-hydrogen) atoms. The Morgan fingerprint density at radius 1 is 1.16 bits per heavy atom. The van der Waals surface area contributed by atoms with Crippen LogP contribution in [0, 0.1) is 5.41 Å². The maximum absolute atomic E-state index is 13.6. The van der Waals surface area contributed by atoms with Crippen molar-refractivity contribution in [2.45, 2.75) is 59.0 Å². The van der Waals surface area contributed by atoms with Crippen molar-refractivity contribution in [3.8, 4) is 5.75 Å². The molecule has 0 bridgehead atoms. The first-order chi connectivity index (χ1) is 17.8. The van der Waals surface area contributed by atoms with E-state index in [1.54, 1.807) is 35.0 Å². The number of aliphatic carboxylic acids is 1. The van der Waals surface area contributed by atoms with Gasteiger partial charge in [0.05, 0.1) is 18.7 Å². The van der Waals surface area contributed by atoms with Crippen LogP contribution in [-0.4, -0.2) is 66.8 Å². The minimum atomic E-state index is -0.921. The van der Waals surface area contributed by atoms with Gasteiger partial charge in [-0.15, -0.1) is 0 Å². The molecule has 1 aliphatic heterocycles. The number of nitrogens with one attached hydrogen (secondary N) is 2. The molecular formula is C29H38N4O5. The molecule has 2 aromatic carbocycles. The van der Waals surface area contributed by atoms with E-state index in [1.807, 2.05) is 46.8 Å². The van der Waals surface area contributed by atoms with Crippen molar-refractivity contribution in [1.82, 2.24) is 10.2 Å². The number of carbonyl (C=O) groups excluding carboxylic acids is 2. The lowest BCUT2D eigenvalue weighted by Crippen LogP contribution is -2.38. The predicted molar refractivity (Wildman–Crippen MR) is 148 cm³/mol. The number of hydrogen-bond acceptors (Lipinski definition) is 6. The average molecular weight is 523 g/mol. The van der Waals surface area contributed by atoms with Crippen molar-refractivity contribution in [1.29, 1.82) is 5.41 Å². The number of rotatable bonds is 10. The van der Waals surface area contributed by atoms with E-state index in [2.05, 4.69) is 5.32 Å². The molecule has 9 nitrogen and oxygen atoms in total. The summed E-state index contributed by atoms with van der Waals surface area (Å²) in [4.78, 5) is 41.1. The predicted octanol–water partition coefficient (Wildman–Crippen LogP) is 4.07. The summed E-state index contributed by atoms with van der Waals surface area (Å²) < 4.78 is 5.67. The van der Waals surface area contributed by atoms with Crippen LogP contribution in [0.1, 0.15) is 78.4 Å². The molecule has 3 rings (SSSR count). The third-order valence-corrected chi connectivity index (χ3v) is 6.90. The smallest absolute Gasteiger partial charge is 0.326 e. The van der Waals surface area contributed by atoms with Gasteiger partial charge in [-0.05, 0) is 60.2 Å². The second-order valence-electron chi connectivity index (χ2n) is 10.5. The molecule has 1 amide bonds. The molecule has 0 aromatic heterocycles. The Kier molecular flexibility index (Phi) is 8.49. The summed E-state index contributed by atoms with van der Waals surface area (Å²) in [6, 6.07) is 8.22. The van der Waals surface area contributed by atoms with Crippen molar-refractivity contribution >= 4 is 29.2 Å². The number of ether oxygens (including phenoxy) is 1. The molecule has 1 aliphatic rings. The molecule has 0 saturated heterocycles. The Hall–Kier alpha value is -3.88. The minimum absolute atomic E-state index is 0.0281. The quantitative estimate of drug-likeness (QED) is 0.402. The van der Waals surface area contributed by atoms with Crippen LogP contribution in [0.25, 0.3) is 0 Å². The average Bonchev–Trinajstić information content (AvgIpc) is 3.16. The van der Waals surface area contributed by atoms with Gasteiger partial charge in [-0.3, -0.25) is 15.0 Å². The summed E-state index contributed by atoms with van der Waals surface area (Å²) in [5.41, 5.74) is 3.53. The molecule has 0 aliphatic carbocycles. The first-order valence-electron chi connectivity index (χ1n) is 12.8. The Morgan fingerprint density at radius 2 is 1.84 bits per heavy atom. The van der Waals surface area contributed by atoms with Crippen LogP contribution in [0.3, 0.4) is 0 Å². The highest BCUT2D eigenvalue weighted by Gasteiger charge is 2.30. The lowest BCUT2D eigenvalue weighted by atomic mass is 9.85. The summed E-state index contributed by atoms with van der Waals surface area (Å²) in [7, 11) is 3.27. The number of carbonyl (C=O) groups is 3. The standard InChI is InChI=1S/C29H38N4O5/c1-8-23(28(36)37)32(7)20-11-17(10-19(13-20)29(3,4)5)24(34)16-33-15-18-12-25(38-9-2)22(27(35)31-6)14-21(18)26(33)30/h10-14,23,30H,8-9,15-16H2,1-7H3,(H,31,35)(H,36,37). The van der Waals surface area contributed by atoms with E-state index in [4.69, 9.17) is 10.1 Å². The first-order valence-corrected chi connectivity index (χ1v) is 12.8. The van der Waals surface area contributed by atoms with Crippen LogP contribution in [-0.2, 0) is 16.8 Å². The molecule has 204 valence electrons. The molecule has 0 fully saturated rings. The Morgan fingerprint density at radius 3 is 2.39 bits per heavy atom. The molecule has 2 aromatic rings. The molecule has 0 radical (unpaired) electrons. The molecule has 3 N–H and O–H groups in total. The van der Waals surface area contributed by atoms with Crippen molar-refractivity contribution in [3.05, 3.63) is 58.1 Å². The zero-order valence-corrected chi connectivity index (χ0v) is 23.3. The Balaban J connectivity index is 1.94. The van der Waals surface area contributed by atoms with Gasteiger partial charge in [0.1, 0.15) is 17.6 Å². The monoisotopic (exact) mass is 522 g/mol. The van der Waals surface area contributed by atoms with Gasteiger partial charge >= 0.3 is 5.97 Å². The third-order valence-electron chi connectivity index (χ3n) is 6.90. The zero-order chi connectivity index (χ0) is 28.4. The summed E-state index contributed by atoms with van der Waals surface area (Å²) >= 11 is 0. The SMILES string of the molecule is CCOc1cc2c(cc1C(=O)NC)C(=N)N(CC(=O)c1cc(N(C)C(CC)C(=O)O)cc(C(C)(C)C)c1)C2. The largest absolute Gasteiger partial charge is 0.493 e. The van der Waals surface area contributed by atoms with E-state index in [0.29, 0.717) is 47.7 Å². The molecule has 1 atom stereocenters. The van der Waals surface area contributed by atoms with Crippen LogP contribution < -0.4 is 15.0 Å². The topological polar surface area (TPSA) is 123 Å². The van der Waals surface area contributed by atoms with E-state index in [-0.39, 0.29) is 29.5 Å². The van der Waals surface area contributed by atoms with Crippen LogP contribution in [0.4, 0.5) is 5.69 Å². The van der Waals surface area contributed by atoms with Crippen molar-refractivity contribution in [2.24, 2.45) is 0 Å². The fourth-order valence-electron chi connectivity index (χ4n) is 4.62. The number of hydrogen-bond donors (Lipinski definition) is 3. The number of ketones is 1. The molecule has 0 saturated carbocycles. The van der Waals surface area contributed by atoms with E-state index in [1.165, 1.54) is 7.05 Å². The first kappa shape index (κ1) is 28.7. The van der Waals surface area contributed by atoms with Crippen molar-refractivity contribution < 1.29 is 24.2 Å². The van der Waals surface area contributed by atoms with Crippen molar-refractivity contribution in [2.75, 3.05) is 32.1 Å². The number of carboxylic acid groups (broad SMARTS) is 1. The fourth-order valence-corrected chi connectivity index (χ4v) is 4.62. The molecular weight excluding hydrogens is 484 g/mol. The fraction of sp³-hybridized carbons (Fsp3) is 0.448. The summed E-state index contributed by atoms with van der Waals surface area (Å²) in [6.45, 7) is 10.5. The summed E-state index contributed by atoms with van der Waals surface area (Å²) in [5.74, 6) is -0.789. The normalized spacial score (nSPS) is 13.7. The number of amidine groups is 1. The molecule has 9 heteroatoms. The van der Waals surface area contributed by atoms with Gasteiger partial charge in [0, 0.05) is 37.5 Å². The number of Topliss-reactive ketones (excluding diaryl/α,β-unsaturated/α-hetero) is 1. The minimum Gasteiger partial charge on any atom is -0.493 e. The van der Waals surface area contributed by atoms with Gasteiger partial charge in [-0.2, -0.15) is 0 Å². The van der Waals surface area contributed by atoms with Gasteiger partial charge in [-0.25, -0.2) is 4.79 Å². The maximum Gasteiger partial charge on any atom is 0.326 e. The zero-order valence-electron chi connectivity index (χ0n) is 23.3.